The van der Waals surface area contributed by atoms with E-state index in [0.717, 1.165) is 13.0 Å². The lowest BCUT2D eigenvalue weighted by molar-refractivity contribution is -0.000611. The predicted molar refractivity (Wildman–Crippen MR) is 184 cm³/mol. The molecule has 50 heavy (non-hydrogen) atoms. The van der Waals surface area contributed by atoms with Crippen molar-refractivity contribution in [1.29, 1.82) is 0 Å². The molecule has 0 N–H and O–H groups in total. The Labute approximate surface area is 298 Å². The first kappa shape index (κ1) is 45.9. The van der Waals surface area contributed by atoms with E-state index in [1.807, 2.05) is 0 Å². The van der Waals surface area contributed by atoms with Gasteiger partial charge in [0.05, 0.1) is 126 Å². The van der Waals surface area contributed by atoms with Gasteiger partial charge >= 0.3 is 0 Å². The van der Waals surface area contributed by atoms with E-state index < -0.39 is 0 Å². The van der Waals surface area contributed by atoms with E-state index in [0.29, 0.717) is 148 Å². The van der Waals surface area contributed by atoms with Crippen LogP contribution in [-0.4, -0.2) is 172 Å². The zero-order valence-corrected chi connectivity index (χ0v) is 30.7. The van der Waals surface area contributed by atoms with Crippen molar-refractivity contribution in [3.8, 4) is 17.2 Å². The number of ketones is 1. The molecule has 0 aliphatic carbocycles. The predicted octanol–water partition coefficient (Wildman–Crippen LogP) is 2.88. The van der Waals surface area contributed by atoms with E-state index in [1.54, 1.807) is 26.4 Å². The van der Waals surface area contributed by atoms with Crippen molar-refractivity contribution in [3.63, 3.8) is 0 Å². The summed E-state index contributed by atoms with van der Waals surface area (Å²) in [5, 5.41) is 0. The molecule has 0 spiro atoms. The number of hydrogen-bond acceptors (Lipinski definition) is 15. The lowest BCUT2D eigenvalue weighted by atomic mass is 10.1. The van der Waals surface area contributed by atoms with E-state index in [4.69, 9.17) is 66.3 Å². The van der Waals surface area contributed by atoms with Gasteiger partial charge in [-0.05, 0) is 25.5 Å². The second-order valence-electron chi connectivity index (χ2n) is 10.4. The molecule has 0 bridgehead atoms. The third kappa shape index (κ3) is 26.6. The van der Waals surface area contributed by atoms with Crippen LogP contribution in [0.2, 0.25) is 0 Å². The van der Waals surface area contributed by atoms with E-state index in [1.165, 1.54) is 6.92 Å². The quantitative estimate of drug-likeness (QED) is 0.0725. The van der Waals surface area contributed by atoms with Gasteiger partial charge in [0.2, 0.25) is 5.75 Å². The minimum atomic E-state index is -0.145. The first-order valence-electron chi connectivity index (χ1n) is 17.4. The molecule has 0 fully saturated rings. The van der Waals surface area contributed by atoms with Crippen LogP contribution in [-0.2, 0) is 52.1 Å². The van der Waals surface area contributed by atoms with Gasteiger partial charge in [0.15, 0.2) is 17.3 Å². The highest BCUT2D eigenvalue weighted by molar-refractivity contribution is 5.95. The molecule has 0 radical (unpaired) electrons. The summed E-state index contributed by atoms with van der Waals surface area (Å²) in [5.41, 5.74) is 0.419. The molecule has 0 saturated carbocycles. The molecule has 0 saturated heterocycles. The van der Waals surface area contributed by atoms with Gasteiger partial charge in [-0.3, -0.25) is 4.79 Å². The van der Waals surface area contributed by atoms with Crippen molar-refractivity contribution in [3.05, 3.63) is 17.7 Å². The Morgan fingerprint density at radius 3 is 1.00 bits per heavy atom. The van der Waals surface area contributed by atoms with Gasteiger partial charge in [0, 0.05) is 26.4 Å². The highest BCUT2D eigenvalue weighted by Crippen LogP contribution is 2.39. The van der Waals surface area contributed by atoms with Gasteiger partial charge in [0.1, 0.15) is 19.8 Å². The van der Waals surface area contributed by atoms with Gasteiger partial charge in [0.25, 0.3) is 0 Å². The first-order valence-corrected chi connectivity index (χ1v) is 17.4. The Kier molecular flexibility index (Phi) is 32.3. The molecule has 15 nitrogen and oxygen atoms in total. The third-order valence-corrected chi connectivity index (χ3v) is 6.32. The highest BCUT2D eigenvalue weighted by Gasteiger charge is 2.18. The van der Waals surface area contributed by atoms with Crippen LogP contribution in [0.25, 0.3) is 0 Å². The van der Waals surface area contributed by atoms with Crippen molar-refractivity contribution in [2.45, 2.75) is 20.3 Å². The molecule has 0 aromatic heterocycles. The third-order valence-electron chi connectivity index (χ3n) is 6.32. The molecule has 15 heteroatoms. The van der Waals surface area contributed by atoms with Crippen molar-refractivity contribution in [2.24, 2.45) is 0 Å². The number of hydrogen-bond donors (Lipinski definition) is 0. The molecule has 1 rings (SSSR count). The summed E-state index contributed by atoms with van der Waals surface area (Å²) in [6.07, 6.45) is 0.979. The maximum Gasteiger partial charge on any atom is 0.203 e. The largest absolute Gasteiger partial charge is 0.487 e. The van der Waals surface area contributed by atoms with Gasteiger partial charge in [-0.2, -0.15) is 0 Å². The monoisotopic (exact) mass is 722 g/mol. The number of rotatable bonds is 39. The molecule has 0 aliphatic rings. The molecule has 0 atom stereocenters. The van der Waals surface area contributed by atoms with Gasteiger partial charge in [-0.1, -0.05) is 6.92 Å². The summed E-state index contributed by atoms with van der Waals surface area (Å²) in [6.45, 7) is 13.5. The topological polar surface area (TPSA) is 146 Å². The van der Waals surface area contributed by atoms with Crippen molar-refractivity contribution >= 4 is 5.78 Å². The van der Waals surface area contributed by atoms with Crippen LogP contribution in [0.5, 0.6) is 17.2 Å². The Morgan fingerprint density at radius 1 is 0.420 bits per heavy atom. The summed E-state index contributed by atoms with van der Waals surface area (Å²) < 4.78 is 77.6. The Hall–Kier alpha value is -2.15. The number of benzene rings is 1. The van der Waals surface area contributed by atoms with Crippen LogP contribution in [0.1, 0.15) is 30.6 Å². The number of Topliss-reactive ketones (excluding diaryl/α,β-unsaturated/α-hetero) is 1. The molecule has 0 heterocycles. The van der Waals surface area contributed by atoms with Crippen LogP contribution in [0, 0.1) is 0 Å². The van der Waals surface area contributed by atoms with Crippen molar-refractivity contribution in [2.75, 3.05) is 166 Å². The summed E-state index contributed by atoms with van der Waals surface area (Å²) in [7, 11) is 3.26. The van der Waals surface area contributed by atoms with Gasteiger partial charge in [-0.25, -0.2) is 0 Å². The lowest BCUT2D eigenvalue weighted by Crippen LogP contribution is -2.16. The number of carbonyl (C=O) groups excluding carboxylic acids is 1. The molecule has 1 aromatic rings. The van der Waals surface area contributed by atoms with Crippen LogP contribution in [0.15, 0.2) is 12.1 Å². The summed E-state index contributed by atoms with van der Waals surface area (Å²) in [5.74, 6) is 0.932. The second kappa shape index (κ2) is 35.3. The van der Waals surface area contributed by atoms with Gasteiger partial charge < -0.3 is 66.3 Å². The van der Waals surface area contributed by atoms with E-state index in [9.17, 15) is 4.79 Å². The maximum absolute atomic E-state index is 12.4. The van der Waals surface area contributed by atoms with Crippen molar-refractivity contribution < 1.29 is 71.1 Å². The normalized spacial score (nSPS) is 11.3. The van der Waals surface area contributed by atoms with E-state index >= 15 is 0 Å². The molecule has 0 amide bonds. The number of methoxy groups -OCH3 is 2. The zero-order chi connectivity index (χ0) is 36.2. The van der Waals surface area contributed by atoms with Crippen LogP contribution in [0.4, 0.5) is 0 Å². The second-order valence-corrected chi connectivity index (χ2v) is 10.4. The standard InChI is InChI=1S/C35H62O15/c1-5-6-39-11-12-42-19-22-47-25-28-50-35-33(48-26-23-45-20-17-43-15-13-40-9-7-37-3)29-32(31(2)36)30-34(35)49-27-24-46-21-18-44-16-14-41-10-8-38-4/h29-30H,5-28H2,1-4H3. The maximum atomic E-state index is 12.4. The average molecular weight is 723 g/mol. The minimum absolute atomic E-state index is 0.145. The zero-order valence-electron chi connectivity index (χ0n) is 30.7. The summed E-state index contributed by atoms with van der Waals surface area (Å²) >= 11 is 0. The molecule has 0 unspecified atom stereocenters. The highest BCUT2D eigenvalue weighted by atomic mass is 16.6. The van der Waals surface area contributed by atoms with Crippen LogP contribution in [0.3, 0.4) is 0 Å². The van der Waals surface area contributed by atoms with Crippen LogP contribution >= 0.6 is 0 Å². The molecule has 0 aliphatic heterocycles. The van der Waals surface area contributed by atoms with Crippen molar-refractivity contribution in [1.82, 2.24) is 0 Å². The van der Waals surface area contributed by atoms with E-state index in [-0.39, 0.29) is 25.6 Å². The fourth-order valence-electron chi connectivity index (χ4n) is 3.81. The lowest BCUT2D eigenvalue weighted by Gasteiger charge is -2.18. The first-order chi connectivity index (χ1) is 24.6. The van der Waals surface area contributed by atoms with Gasteiger partial charge in [-0.15, -0.1) is 0 Å². The molecule has 1 aromatic carbocycles. The fourth-order valence-corrected chi connectivity index (χ4v) is 3.81. The van der Waals surface area contributed by atoms with Crippen LogP contribution < -0.4 is 14.2 Å². The SMILES string of the molecule is CCCOCCOCCOCCOc1c(OCCOCCOCCOCCOC)cc(C(C)=O)cc1OCCOCCOCCOCCOC. The Bertz CT molecular complexity index is 856. The summed E-state index contributed by atoms with van der Waals surface area (Å²) in [6, 6.07) is 3.28. The molecular formula is C35H62O15. The molecular weight excluding hydrogens is 660 g/mol. The fraction of sp³-hybridized carbons (Fsp3) is 0.800. The molecule has 292 valence electrons. The van der Waals surface area contributed by atoms with E-state index in [2.05, 4.69) is 6.92 Å². The average Bonchev–Trinajstić information content (AvgIpc) is 3.11. The smallest absolute Gasteiger partial charge is 0.203 e. The summed E-state index contributed by atoms with van der Waals surface area (Å²) in [4.78, 5) is 12.4. The number of ether oxygens (including phenoxy) is 14. The minimum Gasteiger partial charge on any atom is -0.487 e. The Morgan fingerprint density at radius 2 is 0.700 bits per heavy atom. The Balaban J connectivity index is 2.59. The number of carbonyl (C=O) groups is 1.